The molecule has 0 saturated carbocycles. The molecule has 1 aliphatic rings. The first kappa shape index (κ1) is 11.0. The van der Waals surface area contributed by atoms with Crippen molar-refractivity contribution in [3.8, 4) is 5.75 Å². The summed E-state index contributed by atoms with van der Waals surface area (Å²) in [5.74, 6) is 0.238. The third-order valence-corrected chi connectivity index (χ3v) is 5.11. The average molecular weight is 411 g/mol. The fourth-order valence-corrected chi connectivity index (χ4v) is 4.04. The number of aromatic hydroxyl groups is 1. The fraction of sp³-hybridized carbons (Fsp3) is 0.300. The maximum absolute atomic E-state index is 9.98. The van der Waals surface area contributed by atoms with Crippen LogP contribution < -0.4 is 0 Å². The van der Waals surface area contributed by atoms with Crippen molar-refractivity contribution in [1.29, 1.82) is 0 Å². The number of aryl methyl sites for hydroxylation is 2. The quantitative estimate of drug-likeness (QED) is 0.713. The monoisotopic (exact) mass is 408 g/mol. The van der Waals surface area contributed by atoms with Gasteiger partial charge in [-0.3, -0.25) is 0 Å². The van der Waals surface area contributed by atoms with Crippen molar-refractivity contribution in [1.82, 2.24) is 9.55 Å². The van der Waals surface area contributed by atoms with Crippen LogP contribution in [0.5, 0.6) is 5.75 Å². The zero-order valence-electron chi connectivity index (χ0n) is 8.10. The van der Waals surface area contributed by atoms with Gasteiger partial charge in [0.05, 0.1) is 14.5 Å². The Labute approximate surface area is 117 Å². The number of nitrogens with zero attached hydrogens (tertiary/aromatic N) is 2. The van der Waals surface area contributed by atoms with E-state index in [1.165, 1.54) is 0 Å². The number of hydrogen-bond acceptors (Lipinski definition) is 2. The van der Waals surface area contributed by atoms with Crippen molar-refractivity contribution in [2.24, 2.45) is 0 Å². The van der Waals surface area contributed by atoms with Gasteiger partial charge in [-0.15, -0.1) is 0 Å². The number of aromatic nitrogens is 2. The molecule has 0 amide bonds. The lowest BCUT2D eigenvalue weighted by Crippen LogP contribution is -2.08. The Hall–Kier alpha value is -0.0700. The number of imidazole rings is 1. The minimum atomic E-state index is 0.238. The largest absolute Gasteiger partial charge is 0.505 e. The lowest BCUT2D eigenvalue weighted by molar-refractivity contribution is 0.467. The lowest BCUT2D eigenvalue weighted by atomic mass is 10.0. The van der Waals surface area contributed by atoms with Gasteiger partial charge in [0.25, 0.3) is 0 Å². The van der Waals surface area contributed by atoms with Crippen molar-refractivity contribution in [3.63, 3.8) is 0 Å². The van der Waals surface area contributed by atoms with Gasteiger partial charge in [-0.25, -0.2) is 4.98 Å². The summed E-state index contributed by atoms with van der Waals surface area (Å²) in [6, 6.07) is 0. The molecule has 0 fully saturated rings. The van der Waals surface area contributed by atoms with Crippen molar-refractivity contribution in [2.75, 3.05) is 0 Å². The van der Waals surface area contributed by atoms with E-state index in [0.29, 0.717) is 4.47 Å². The Morgan fingerprint density at radius 1 is 1.19 bits per heavy atom. The van der Waals surface area contributed by atoms with E-state index in [1.54, 1.807) is 0 Å². The van der Waals surface area contributed by atoms with Gasteiger partial charge >= 0.3 is 0 Å². The van der Waals surface area contributed by atoms with E-state index in [1.807, 2.05) is 0 Å². The van der Waals surface area contributed by atoms with Crippen LogP contribution in [0.25, 0.3) is 11.0 Å². The van der Waals surface area contributed by atoms with E-state index < -0.39 is 0 Å². The molecule has 0 radical (unpaired) electrons. The number of halogens is 3. The Morgan fingerprint density at radius 2 is 1.94 bits per heavy atom. The Bertz CT molecular complexity index is 606. The molecule has 16 heavy (non-hydrogen) atoms. The summed E-state index contributed by atoms with van der Waals surface area (Å²) in [4.78, 5) is 4.44. The fourth-order valence-electron chi connectivity index (χ4n) is 2.19. The third kappa shape index (κ3) is 1.32. The molecule has 3 rings (SSSR count). The second-order valence-corrected chi connectivity index (χ2v) is 6.08. The third-order valence-electron chi connectivity index (χ3n) is 2.90. The predicted molar refractivity (Wildman–Crippen MR) is 72.8 cm³/mol. The molecule has 0 saturated heterocycles. The van der Waals surface area contributed by atoms with Gasteiger partial charge in [0.2, 0.25) is 0 Å². The SMILES string of the molecule is Oc1c(Br)c2c3c(nc(Br)n3CCC2)c1Br. The molecule has 1 N–H and O–H groups in total. The van der Waals surface area contributed by atoms with Crippen LogP contribution in [-0.2, 0) is 13.0 Å². The number of hydrogen-bond donors (Lipinski definition) is 1. The van der Waals surface area contributed by atoms with E-state index >= 15 is 0 Å². The smallest absolute Gasteiger partial charge is 0.178 e. The number of rotatable bonds is 0. The summed E-state index contributed by atoms with van der Waals surface area (Å²) in [6.45, 7) is 0.966. The van der Waals surface area contributed by atoms with Crippen LogP contribution in [0, 0.1) is 0 Å². The normalized spacial score (nSPS) is 14.7. The predicted octanol–water partition coefficient (Wildman–Crippen LogP) is 3.98. The van der Waals surface area contributed by atoms with Crippen LogP contribution in [0.4, 0.5) is 0 Å². The number of benzene rings is 1. The molecular weight excluding hydrogens is 404 g/mol. The number of phenols is 1. The van der Waals surface area contributed by atoms with Gasteiger partial charge in [-0.05, 0) is 66.2 Å². The molecule has 6 heteroatoms. The number of phenolic OH excluding ortho intramolecular Hbond substituents is 1. The van der Waals surface area contributed by atoms with Gasteiger partial charge in [0, 0.05) is 6.54 Å². The van der Waals surface area contributed by atoms with E-state index in [2.05, 4.69) is 57.3 Å². The van der Waals surface area contributed by atoms with Crippen molar-refractivity contribution < 1.29 is 5.11 Å². The molecule has 2 heterocycles. The molecule has 0 aliphatic carbocycles. The van der Waals surface area contributed by atoms with Crippen molar-refractivity contribution in [2.45, 2.75) is 19.4 Å². The first-order chi connectivity index (χ1) is 7.61. The second-order valence-electron chi connectivity index (χ2n) is 3.79. The summed E-state index contributed by atoms with van der Waals surface area (Å²) in [6.07, 6.45) is 2.03. The van der Waals surface area contributed by atoms with Gasteiger partial charge in [-0.2, -0.15) is 0 Å². The van der Waals surface area contributed by atoms with E-state index in [4.69, 9.17) is 0 Å². The van der Waals surface area contributed by atoms with Crippen LogP contribution in [0.1, 0.15) is 12.0 Å². The lowest BCUT2D eigenvalue weighted by Gasteiger charge is -2.18. The molecular formula is C10H7Br3N2O. The molecule has 2 aromatic rings. The summed E-state index contributed by atoms with van der Waals surface area (Å²) in [5.41, 5.74) is 3.07. The molecule has 84 valence electrons. The highest BCUT2D eigenvalue weighted by Crippen LogP contribution is 2.44. The maximum Gasteiger partial charge on any atom is 0.178 e. The van der Waals surface area contributed by atoms with Gasteiger partial charge in [-0.1, -0.05) is 0 Å². The Kier molecular flexibility index (Phi) is 2.56. The molecule has 0 bridgehead atoms. The Morgan fingerprint density at radius 3 is 2.69 bits per heavy atom. The summed E-state index contributed by atoms with van der Waals surface area (Å²) < 4.78 is 4.39. The van der Waals surface area contributed by atoms with Gasteiger partial charge < -0.3 is 9.67 Å². The summed E-state index contributed by atoms with van der Waals surface area (Å²) in [7, 11) is 0. The zero-order valence-corrected chi connectivity index (χ0v) is 12.9. The van der Waals surface area contributed by atoms with E-state index in [0.717, 1.165) is 45.2 Å². The topological polar surface area (TPSA) is 38.1 Å². The minimum Gasteiger partial charge on any atom is -0.505 e. The van der Waals surface area contributed by atoms with Gasteiger partial charge in [0.1, 0.15) is 11.3 Å². The van der Waals surface area contributed by atoms with Crippen molar-refractivity contribution in [3.05, 3.63) is 19.2 Å². The van der Waals surface area contributed by atoms with Crippen LogP contribution >= 0.6 is 47.8 Å². The Balaban J connectivity index is 2.57. The highest BCUT2D eigenvalue weighted by molar-refractivity contribution is 9.11. The van der Waals surface area contributed by atoms with Gasteiger partial charge in [0.15, 0.2) is 4.73 Å². The molecule has 0 unspecified atom stereocenters. The molecule has 1 aromatic heterocycles. The molecule has 3 nitrogen and oxygen atoms in total. The van der Waals surface area contributed by atoms with Crippen LogP contribution in [0.2, 0.25) is 0 Å². The zero-order chi connectivity index (χ0) is 11.4. The van der Waals surface area contributed by atoms with E-state index in [9.17, 15) is 5.11 Å². The summed E-state index contributed by atoms with van der Waals surface area (Å²) in [5, 5.41) is 9.98. The molecule has 0 atom stereocenters. The maximum atomic E-state index is 9.98. The van der Waals surface area contributed by atoms with Crippen LogP contribution in [0.15, 0.2) is 13.7 Å². The molecule has 1 aromatic carbocycles. The van der Waals surface area contributed by atoms with Crippen LogP contribution in [-0.4, -0.2) is 14.7 Å². The van der Waals surface area contributed by atoms with Crippen molar-refractivity contribution >= 4 is 58.8 Å². The molecule has 1 aliphatic heterocycles. The van der Waals surface area contributed by atoms with E-state index in [-0.39, 0.29) is 5.75 Å². The average Bonchev–Trinajstić information content (AvgIpc) is 2.63. The minimum absolute atomic E-state index is 0.238. The second kappa shape index (κ2) is 3.71. The summed E-state index contributed by atoms with van der Waals surface area (Å²) >= 11 is 10.3. The van der Waals surface area contributed by atoms with Crippen LogP contribution in [0.3, 0.4) is 0 Å². The highest BCUT2D eigenvalue weighted by Gasteiger charge is 2.24. The first-order valence-electron chi connectivity index (χ1n) is 4.85. The standard InChI is InChI=1S/C10H7Br3N2O/c11-5-4-2-1-3-15-8(4)7(14-10(15)13)6(12)9(5)16/h16H,1-3H2. The highest BCUT2D eigenvalue weighted by atomic mass is 79.9. The first-order valence-corrected chi connectivity index (χ1v) is 7.23. The molecule has 0 spiro atoms.